The van der Waals surface area contributed by atoms with Gasteiger partial charge in [-0.1, -0.05) is 37.3 Å². The topological polar surface area (TPSA) is 49.0 Å². The summed E-state index contributed by atoms with van der Waals surface area (Å²) in [6.07, 6.45) is 5.29. The molecule has 0 radical (unpaired) electrons. The first-order valence-electron chi connectivity index (χ1n) is 7.02. The van der Waals surface area contributed by atoms with E-state index in [1.807, 2.05) is 11.0 Å². The summed E-state index contributed by atoms with van der Waals surface area (Å²) < 4.78 is 0. The lowest BCUT2D eigenvalue weighted by molar-refractivity contribution is 0.0645. The van der Waals surface area contributed by atoms with Gasteiger partial charge >= 0.3 is 0 Å². The van der Waals surface area contributed by atoms with E-state index in [0.29, 0.717) is 5.69 Å². The standard InChI is InChI=1S/C16H19N3O/c1-16(13-6-3-2-4-7-13)8-5-9-19(11-16)15(20)14-10-17-12-18-14/h2-4,6-7,10,12H,5,8-9,11H2,1H3,(H,17,18)/t16-/m1/s1. The summed E-state index contributed by atoms with van der Waals surface area (Å²) in [7, 11) is 0. The normalized spacial score (nSPS) is 22.8. The molecule has 1 saturated heterocycles. The third-order valence-electron chi connectivity index (χ3n) is 4.18. The number of aromatic nitrogens is 2. The van der Waals surface area contributed by atoms with E-state index in [2.05, 4.69) is 41.2 Å². The van der Waals surface area contributed by atoms with Crippen LogP contribution in [0.4, 0.5) is 0 Å². The average Bonchev–Trinajstić information content (AvgIpc) is 3.02. The number of hydrogen-bond acceptors (Lipinski definition) is 2. The Kier molecular flexibility index (Phi) is 3.30. The minimum Gasteiger partial charge on any atom is -0.341 e. The van der Waals surface area contributed by atoms with E-state index in [-0.39, 0.29) is 11.3 Å². The molecule has 2 heterocycles. The Morgan fingerprint density at radius 3 is 2.85 bits per heavy atom. The van der Waals surface area contributed by atoms with E-state index >= 15 is 0 Å². The zero-order valence-corrected chi connectivity index (χ0v) is 11.7. The summed E-state index contributed by atoms with van der Waals surface area (Å²) in [5.74, 6) is 0.0457. The van der Waals surface area contributed by atoms with E-state index in [1.165, 1.54) is 5.56 Å². The van der Waals surface area contributed by atoms with Gasteiger partial charge < -0.3 is 9.88 Å². The summed E-state index contributed by atoms with van der Waals surface area (Å²) in [5.41, 5.74) is 1.92. The quantitative estimate of drug-likeness (QED) is 0.911. The number of H-pyrrole nitrogens is 1. The maximum atomic E-state index is 12.4. The lowest BCUT2D eigenvalue weighted by atomic mass is 9.76. The molecule has 2 aromatic rings. The molecule has 0 unspecified atom stereocenters. The molecule has 0 spiro atoms. The van der Waals surface area contributed by atoms with Gasteiger partial charge in [0.1, 0.15) is 5.69 Å². The van der Waals surface area contributed by atoms with Gasteiger partial charge in [0.15, 0.2) is 0 Å². The van der Waals surface area contributed by atoms with Gasteiger partial charge in [-0.3, -0.25) is 4.79 Å². The molecule has 0 aliphatic carbocycles. The Balaban J connectivity index is 1.82. The molecule has 20 heavy (non-hydrogen) atoms. The molecule has 1 fully saturated rings. The van der Waals surface area contributed by atoms with Crippen LogP contribution in [0.15, 0.2) is 42.9 Å². The summed E-state index contributed by atoms with van der Waals surface area (Å²) in [5, 5.41) is 0. The highest BCUT2D eigenvalue weighted by atomic mass is 16.2. The zero-order valence-electron chi connectivity index (χ0n) is 11.7. The molecule has 4 heteroatoms. The number of amides is 1. The van der Waals surface area contributed by atoms with Crippen molar-refractivity contribution in [1.29, 1.82) is 0 Å². The molecule has 0 bridgehead atoms. The van der Waals surface area contributed by atoms with Crippen LogP contribution in [0.1, 0.15) is 35.8 Å². The zero-order chi connectivity index (χ0) is 14.0. The third-order valence-corrected chi connectivity index (χ3v) is 4.18. The second-order valence-corrected chi connectivity index (χ2v) is 5.72. The first-order chi connectivity index (χ1) is 9.69. The van der Waals surface area contributed by atoms with Crippen molar-refractivity contribution < 1.29 is 4.79 Å². The number of carbonyl (C=O) groups is 1. The second kappa shape index (κ2) is 5.12. The van der Waals surface area contributed by atoms with Gasteiger partial charge in [0.05, 0.1) is 12.5 Å². The summed E-state index contributed by atoms with van der Waals surface area (Å²) >= 11 is 0. The highest BCUT2D eigenvalue weighted by Gasteiger charge is 2.34. The Morgan fingerprint density at radius 2 is 2.15 bits per heavy atom. The van der Waals surface area contributed by atoms with E-state index < -0.39 is 0 Å². The van der Waals surface area contributed by atoms with Gasteiger partial charge in [0, 0.05) is 18.5 Å². The van der Waals surface area contributed by atoms with Crippen molar-refractivity contribution in [1.82, 2.24) is 14.9 Å². The number of piperidine rings is 1. The van der Waals surface area contributed by atoms with Crippen LogP contribution in [0, 0.1) is 0 Å². The van der Waals surface area contributed by atoms with Crippen molar-refractivity contribution >= 4 is 5.91 Å². The average molecular weight is 269 g/mol. The molecule has 3 rings (SSSR count). The SMILES string of the molecule is C[C@@]1(c2ccccc2)CCCN(C(=O)c2cnc[nH]2)C1. The fourth-order valence-electron chi connectivity index (χ4n) is 3.03. The molecule has 4 nitrogen and oxygen atoms in total. The first-order valence-corrected chi connectivity index (χ1v) is 7.02. The van der Waals surface area contributed by atoms with E-state index in [9.17, 15) is 4.79 Å². The number of benzene rings is 1. The maximum Gasteiger partial charge on any atom is 0.271 e. The number of imidazole rings is 1. The molecule has 0 saturated carbocycles. The van der Waals surface area contributed by atoms with Gasteiger partial charge in [-0.25, -0.2) is 4.98 Å². The van der Waals surface area contributed by atoms with Crippen LogP contribution < -0.4 is 0 Å². The molecule has 1 atom stereocenters. The number of aromatic amines is 1. The highest BCUT2D eigenvalue weighted by Crippen LogP contribution is 2.33. The predicted molar refractivity (Wildman–Crippen MR) is 77.5 cm³/mol. The van der Waals surface area contributed by atoms with Crippen molar-refractivity contribution in [3.63, 3.8) is 0 Å². The van der Waals surface area contributed by atoms with Crippen LogP contribution in [0.2, 0.25) is 0 Å². The molecule has 1 aromatic carbocycles. The van der Waals surface area contributed by atoms with Gasteiger partial charge in [0.2, 0.25) is 0 Å². The van der Waals surface area contributed by atoms with E-state index in [1.54, 1.807) is 12.5 Å². The number of carbonyl (C=O) groups excluding carboxylic acids is 1. The fourth-order valence-corrected chi connectivity index (χ4v) is 3.03. The summed E-state index contributed by atoms with van der Waals surface area (Å²) in [4.78, 5) is 21.2. The van der Waals surface area contributed by atoms with Crippen molar-refractivity contribution in [3.8, 4) is 0 Å². The monoisotopic (exact) mass is 269 g/mol. The van der Waals surface area contributed by atoms with Crippen LogP contribution >= 0.6 is 0 Å². The Morgan fingerprint density at radius 1 is 1.35 bits per heavy atom. The molecular formula is C16H19N3O. The molecule has 1 amide bonds. The van der Waals surface area contributed by atoms with E-state index in [0.717, 1.165) is 25.9 Å². The van der Waals surface area contributed by atoms with Crippen molar-refractivity contribution in [2.45, 2.75) is 25.2 Å². The smallest absolute Gasteiger partial charge is 0.271 e. The molecular weight excluding hydrogens is 250 g/mol. The van der Waals surface area contributed by atoms with Crippen LogP contribution in [0.25, 0.3) is 0 Å². The lowest BCUT2D eigenvalue weighted by Gasteiger charge is -2.40. The first kappa shape index (κ1) is 12.9. The molecule has 1 N–H and O–H groups in total. The second-order valence-electron chi connectivity index (χ2n) is 5.72. The maximum absolute atomic E-state index is 12.4. The molecule has 1 aromatic heterocycles. The minimum atomic E-state index is 0.0369. The number of hydrogen-bond donors (Lipinski definition) is 1. The van der Waals surface area contributed by atoms with Crippen molar-refractivity contribution in [3.05, 3.63) is 54.1 Å². The van der Waals surface area contributed by atoms with E-state index in [4.69, 9.17) is 0 Å². The van der Waals surface area contributed by atoms with Crippen molar-refractivity contribution in [2.24, 2.45) is 0 Å². The third kappa shape index (κ3) is 2.33. The van der Waals surface area contributed by atoms with Crippen LogP contribution in [0.3, 0.4) is 0 Å². The minimum absolute atomic E-state index is 0.0369. The van der Waals surface area contributed by atoms with Crippen LogP contribution in [0.5, 0.6) is 0 Å². The number of nitrogens with one attached hydrogen (secondary N) is 1. The van der Waals surface area contributed by atoms with Gasteiger partial charge in [-0.05, 0) is 18.4 Å². The summed E-state index contributed by atoms with van der Waals surface area (Å²) in [6.45, 7) is 3.82. The van der Waals surface area contributed by atoms with Crippen LogP contribution in [-0.4, -0.2) is 33.9 Å². The number of likely N-dealkylation sites (tertiary alicyclic amines) is 1. The molecule has 104 valence electrons. The van der Waals surface area contributed by atoms with Gasteiger partial charge in [-0.2, -0.15) is 0 Å². The largest absolute Gasteiger partial charge is 0.341 e. The fraction of sp³-hybridized carbons (Fsp3) is 0.375. The number of nitrogens with zero attached hydrogens (tertiary/aromatic N) is 2. The Hall–Kier alpha value is -2.10. The van der Waals surface area contributed by atoms with Gasteiger partial charge in [-0.15, -0.1) is 0 Å². The predicted octanol–water partition coefficient (Wildman–Crippen LogP) is 2.60. The number of rotatable bonds is 2. The van der Waals surface area contributed by atoms with Gasteiger partial charge in [0.25, 0.3) is 5.91 Å². The Labute approximate surface area is 118 Å². The highest BCUT2D eigenvalue weighted by molar-refractivity contribution is 5.92. The lowest BCUT2D eigenvalue weighted by Crippen LogP contribution is -2.47. The molecule has 1 aliphatic heterocycles. The molecule has 1 aliphatic rings. The Bertz CT molecular complexity index is 579. The summed E-state index contributed by atoms with van der Waals surface area (Å²) in [6, 6.07) is 10.5. The van der Waals surface area contributed by atoms with Crippen molar-refractivity contribution in [2.75, 3.05) is 13.1 Å². The van der Waals surface area contributed by atoms with Crippen LogP contribution in [-0.2, 0) is 5.41 Å².